The van der Waals surface area contributed by atoms with Gasteiger partial charge in [-0.25, -0.2) is 0 Å². The average Bonchev–Trinajstić information content (AvgIpc) is 3.20. The first-order valence-electron chi connectivity index (χ1n) is 8.29. The van der Waals surface area contributed by atoms with Crippen LogP contribution in [-0.4, -0.2) is 17.0 Å². The summed E-state index contributed by atoms with van der Waals surface area (Å²) in [5.74, 6) is -1.31. The SMILES string of the molecule is O=C(O)C1C2CCC(C2)C1C(=O)Nc1ccc2c(c1)CCC2. The highest BCUT2D eigenvalue weighted by Crippen LogP contribution is 2.52. The van der Waals surface area contributed by atoms with E-state index in [2.05, 4.69) is 17.4 Å². The third kappa shape index (κ3) is 2.13. The van der Waals surface area contributed by atoms with Crippen LogP contribution in [0.4, 0.5) is 5.69 Å². The topological polar surface area (TPSA) is 66.4 Å². The molecular weight excluding hydrogens is 278 g/mol. The van der Waals surface area contributed by atoms with E-state index < -0.39 is 11.9 Å². The van der Waals surface area contributed by atoms with Crippen LogP contribution >= 0.6 is 0 Å². The number of rotatable bonds is 3. The predicted molar refractivity (Wildman–Crippen MR) is 82.5 cm³/mol. The molecule has 2 N–H and O–H groups in total. The molecule has 0 aliphatic heterocycles. The minimum absolute atomic E-state index is 0.0995. The van der Waals surface area contributed by atoms with E-state index in [1.165, 1.54) is 17.5 Å². The molecule has 4 nitrogen and oxygen atoms in total. The van der Waals surface area contributed by atoms with Crippen molar-refractivity contribution in [1.29, 1.82) is 0 Å². The highest BCUT2D eigenvalue weighted by Gasteiger charge is 2.53. The Morgan fingerprint density at radius 1 is 1.05 bits per heavy atom. The molecule has 1 aromatic carbocycles. The van der Waals surface area contributed by atoms with E-state index >= 15 is 0 Å². The van der Waals surface area contributed by atoms with Gasteiger partial charge >= 0.3 is 5.97 Å². The number of carboxylic acids is 1. The second kappa shape index (κ2) is 5.11. The fraction of sp³-hybridized carbons (Fsp3) is 0.556. The van der Waals surface area contributed by atoms with Crippen molar-refractivity contribution in [3.63, 3.8) is 0 Å². The lowest BCUT2D eigenvalue weighted by atomic mass is 9.78. The fourth-order valence-corrected chi connectivity index (χ4v) is 4.90. The zero-order valence-corrected chi connectivity index (χ0v) is 12.5. The van der Waals surface area contributed by atoms with E-state index in [0.29, 0.717) is 0 Å². The lowest BCUT2D eigenvalue weighted by molar-refractivity contribution is -0.148. The van der Waals surface area contributed by atoms with Crippen molar-refractivity contribution in [3.8, 4) is 0 Å². The molecule has 4 heteroatoms. The van der Waals surface area contributed by atoms with E-state index in [1.54, 1.807) is 0 Å². The van der Waals surface area contributed by atoms with Crippen molar-refractivity contribution in [1.82, 2.24) is 0 Å². The summed E-state index contributed by atoms with van der Waals surface area (Å²) in [6.07, 6.45) is 6.24. The number of benzene rings is 1. The third-order valence-corrected chi connectivity index (χ3v) is 5.87. The Morgan fingerprint density at radius 2 is 1.77 bits per heavy atom. The van der Waals surface area contributed by atoms with Crippen LogP contribution in [0.5, 0.6) is 0 Å². The van der Waals surface area contributed by atoms with Crippen LogP contribution in [0.15, 0.2) is 18.2 Å². The average molecular weight is 299 g/mol. The Kier molecular flexibility index (Phi) is 3.21. The van der Waals surface area contributed by atoms with Crippen molar-refractivity contribution in [3.05, 3.63) is 29.3 Å². The summed E-state index contributed by atoms with van der Waals surface area (Å²) in [5, 5.41) is 12.4. The quantitative estimate of drug-likeness (QED) is 0.902. The second-order valence-electron chi connectivity index (χ2n) is 7.05. The van der Waals surface area contributed by atoms with E-state index in [9.17, 15) is 14.7 Å². The maximum atomic E-state index is 12.6. The van der Waals surface area contributed by atoms with Crippen molar-refractivity contribution >= 4 is 17.6 Å². The van der Waals surface area contributed by atoms with Crippen molar-refractivity contribution in [2.24, 2.45) is 23.7 Å². The molecule has 2 fully saturated rings. The first kappa shape index (κ1) is 13.8. The molecule has 0 saturated heterocycles. The monoisotopic (exact) mass is 299 g/mol. The Labute approximate surface area is 129 Å². The van der Waals surface area contributed by atoms with Gasteiger partial charge in [-0.15, -0.1) is 0 Å². The maximum Gasteiger partial charge on any atom is 0.307 e. The number of carbonyl (C=O) groups excluding carboxylic acids is 1. The zero-order valence-electron chi connectivity index (χ0n) is 12.5. The van der Waals surface area contributed by atoms with Crippen LogP contribution in [-0.2, 0) is 22.4 Å². The molecular formula is C18H21NO3. The first-order valence-corrected chi connectivity index (χ1v) is 8.29. The fourth-order valence-electron chi connectivity index (χ4n) is 4.90. The summed E-state index contributed by atoms with van der Waals surface area (Å²) < 4.78 is 0. The largest absolute Gasteiger partial charge is 0.481 e. The number of hydrogen-bond acceptors (Lipinski definition) is 2. The summed E-state index contributed by atoms with van der Waals surface area (Å²) in [7, 11) is 0. The number of nitrogens with one attached hydrogen (secondary N) is 1. The number of fused-ring (bicyclic) bond motifs is 3. The third-order valence-electron chi connectivity index (χ3n) is 5.87. The van der Waals surface area contributed by atoms with E-state index in [4.69, 9.17) is 0 Å². The van der Waals surface area contributed by atoms with Crippen LogP contribution in [0.3, 0.4) is 0 Å². The second-order valence-corrected chi connectivity index (χ2v) is 7.05. The molecule has 116 valence electrons. The van der Waals surface area contributed by atoms with Gasteiger partial charge in [-0.3, -0.25) is 9.59 Å². The Morgan fingerprint density at radius 3 is 2.55 bits per heavy atom. The lowest BCUT2D eigenvalue weighted by Gasteiger charge is -2.27. The van der Waals surface area contributed by atoms with Gasteiger partial charge in [-0.1, -0.05) is 6.07 Å². The summed E-state index contributed by atoms with van der Waals surface area (Å²) >= 11 is 0. The van der Waals surface area contributed by atoms with Gasteiger partial charge < -0.3 is 10.4 Å². The van der Waals surface area contributed by atoms with E-state index in [-0.39, 0.29) is 23.7 Å². The molecule has 0 radical (unpaired) electrons. The molecule has 2 bridgehead atoms. The number of anilines is 1. The van der Waals surface area contributed by atoms with Crippen molar-refractivity contribution in [2.45, 2.75) is 38.5 Å². The van der Waals surface area contributed by atoms with E-state index in [0.717, 1.165) is 37.8 Å². The molecule has 3 aliphatic carbocycles. The molecule has 4 unspecified atom stereocenters. The highest BCUT2D eigenvalue weighted by molar-refractivity contribution is 5.96. The number of hydrogen-bond donors (Lipinski definition) is 2. The molecule has 0 heterocycles. The highest BCUT2D eigenvalue weighted by atomic mass is 16.4. The number of amides is 1. The number of aliphatic carboxylic acids is 1. The van der Waals surface area contributed by atoms with Gasteiger partial charge in [-0.05, 0) is 73.6 Å². The molecule has 4 rings (SSSR count). The zero-order chi connectivity index (χ0) is 15.3. The summed E-state index contributed by atoms with van der Waals surface area (Å²) in [6, 6.07) is 6.10. The lowest BCUT2D eigenvalue weighted by Crippen LogP contribution is -2.37. The minimum atomic E-state index is -0.804. The van der Waals surface area contributed by atoms with Crippen LogP contribution in [0.1, 0.15) is 36.8 Å². The molecule has 2 saturated carbocycles. The van der Waals surface area contributed by atoms with Gasteiger partial charge in [0, 0.05) is 5.69 Å². The van der Waals surface area contributed by atoms with Gasteiger partial charge in [0.2, 0.25) is 5.91 Å². The van der Waals surface area contributed by atoms with Crippen molar-refractivity contribution < 1.29 is 14.7 Å². The normalized spacial score (nSPS) is 32.0. The predicted octanol–water partition coefficient (Wildman–Crippen LogP) is 2.86. The van der Waals surface area contributed by atoms with Gasteiger partial charge in [0.1, 0.15) is 0 Å². The maximum absolute atomic E-state index is 12.6. The number of carboxylic acid groups (broad SMARTS) is 1. The first-order chi connectivity index (χ1) is 10.6. The molecule has 0 spiro atoms. The summed E-state index contributed by atoms with van der Waals surface area (Å²) in [6.45, 7) is 0. The van der Waals surface area contributed by atoms with Gasteiger partial charge in [0.25, 0.3) is 0 Å². The number of aryl methyl sites for hydroxylation is 2. The Hall–Kier alpha value is -1.84. The van der Waals surface area contributed by atoms with Crippen LogP contribution in [0.25, 0.3) is 0 Å². The summed E-state index contributed by atoms with van der Waals surface area (Å²) in [4.78, 5) is 24.2. The van der Waals surface area contributed by atoms with Crippen LogP contribution < -0.4 is 5.32 Å². The van der Waals surface area contributed by atoms with Crippen LogP contribution in [0, 0.1) is 23.7 Å². The molecule has 0 aromatic heterocycles. The van der Waals surface area contributed by atoms with E-state index in [1.807, 2.05) is 6.07 Å². The molecule has 4 atom stereocenters. The van der Waals surface area contributed by atoms with Crippen molar-refractivity contribution in [2.75, 3.05) is 5.32 Å². The standard InChI is InChI=1S/C18H21NO3/c20-17(15-12-4-5-13(8-12)16(15)18(21)22)19-14-7-6-10-2-1-3-11(10)9-14/h6-7,9,12-13,15-16H,1-5,8H2,(H,19,20)(H,21,22). The van der Waals surface area contributed by atoms with Crippen LogP contribution in [0.2, 0.25) is 0 Å². The van der Waals surface area contributed by atoms with Gasteiger partial charge in [0.05, 0.1) is 11.8 Å². The molecule has 1 aromatic rings. The Balaban J connectivity index is 1.53. The molecule has 22 heavy (non-hydrogen) atoms. The molecule has 3 aliphatic rings. The molecule has 1 amide bonds. The minimum Gasteiger partial charge on any atom is -0.481 e. The summed E-state index contributed by atoms with van der Waals surface area (Å²) in [5.41, 5.74) is 3.51. The Bertz CT molecular complexity index is 639. The smallest absolute Gasteiger partial charge is 0.307 e. The van der Waals surface area contributed by atoms with Gasteiger partial charge in [-0.2, -0.15) is 0 Å². The number of carbonyl (C=O) groups is 2. The van der Waals surface area contributed by atoms with Gasteiger partial charge in [0.15, 0.2) is 0 Å².